The molecule has 0 aliphatic carbocycles. The topological polar surface area (TPSA) is 28.7 Å². The van der Waals surface area contributed by atoms with Crippen molar-refractivity contribution in [3.8, 4) is 22.9 Å². The van der Waals surface area contributed by atoms with Crippen LogP contribution in [0, 0.1) is 11.3 Å². The highest BCUT2D eigenvalue weighted by atomic mass is 15.0. The Morgan fingerprint density at radius 2 is 1.00 bits per heavy atom. The second kappa shape index (κ2) is 9.05. The highest BCUT2D eigenvalue weighted by Gasteiger charge is 2.20. The van der Waals surface area contributed by atoms with Crippen molar-refractivity contribution >= 4 is 64.9 Å². The maximum Gasteiger partial charge on any atom is 0.0991 e. The van der Waals surface area contributed by atoms with Crippen LogP contribution in [-0.2, 0) is 0 Å². The van der Waals surface area contributed by atoms with E-state index >= 15 is 0 Å². The number of nitrogens with zero attached hydrogens (tertiary/aromatic N) is 2. The van der Waals surface area contributed by atoms with Gasteiger partial charge in [0.05, 0.1) is 22.7 Å². The molecule has 0 aliphatic rings. The van der Waals surface area contributed by atoms with Gasteiger partial charge >= 0.3 is 0 Å². The fourth-order valence-electron chi connectivity index (χ4n) is 7.10. The molecule has 0 radical (unpaired) electrons. The number of fused-ring (bicyclic) bond motifs is 10. The Labute approximate surface area is 248 Å². The molecule has 0 spiro atoms. The predicted molar refractivity (Wildman–Crippen MR) is 181 cm³/mol. The molecule has 1 heterocycles. The summed E-state index contributed by atoms with van der Waals surface area (Å²) in [6, 6.07) is 54.4. The van der Waals surface area contributed by atoms with E-state index in [4.69, 9.17) is 0 Å². The Balaban J connectivity index is 1.48. The maximum absolute atomic E-state index is 9.48. The number of hydrogen-bond donors (Lipinski definition) is 0. The number of nitriles is 1. The van der Waals surface area contributed by atoms with Gasteiger partial charge in [-0.15, -0.1) is 0 Å². The van der Waals surface area contributed by atoms with Crippen LogP contribution in [0.3, 0.4) is 0 Å². The molecule has 9 aromatic rings. The van der Waals surface area contributed by atoms with Crippen LogP contribution in [0.1, 0.15) is 5.56 Å². The van der Waals surface area contributed by atoms with E-state index < -0.39 is 0 Å². The first-order chi connectivity index (χ1) is 21.3. The predicted octanol–water partition coefficient (Wildman–Crippen LogP) is 10.9. The van der Waals surface area contributed by atoms with Crippen LogP contribution in [0.2, 0.25) is 0 Å². The lowest BCUT2D eigenvalue weighted by Crippen LogP contribution is -1.96. The number of benzene rings is 8. The molecule has 0 fully saturated rings. The molecule has 9 rings (SSSR count). The molecule has 8 aromatic carbocycles. The lowest BCUT2D eigenvalue weighted by atomic mass is 9.90. The molecule has 1 aromatic heterocycles. The van der Waals surface area contributed by atoms with Crippen LogP contribution < -0.4 is 0 Å². The van der Waals surface area contributed by atoms with E-state index in [0.29, 0.717) is 5.56 Å². The summed E-state index contributed by atoms with van der Waals surface area (Å²) < 4.78 is 2.37. The number of aromatic nitrogens is 1. The smallest absolute Gasteiger partial charge is 0.0991 e. The van der Waals surface area contributed by atoms with Gasteiger partial charge in [0.25, 0.3) is 0 Å². The zero-order valence-corrected chi connectivity index (χ0v) is 23.3. The van der Waals surface area contributed by atoms with Gasteiger partial charge in [-0.3, -0.25) is 0 Å². The summed E-state index contributed by atoms with van der Waals surface area (Å²) in [7, 11) is 0. The molecule has 0 amide bonds. The molecule has 0 N–H and O–H groups in total. The summed E-state index contributed by atoms with van der Waals surface area (Å²) in [4.78, 5) is 0. The Morgan fingerprint density at radius 3 is 1.67 bits per heavy atom. The first-order valence-corrected chi connectivity index (χ1v) is 14.6. The van der Waals surface area contributed by atoms with Crippen molar-refractivity contribution in [2.75, 3.05) is 0 Å². The highest BCUT2D eigenvalue weighted by molar-refractivity contribution is 6.27. The molecule has 0 saturated carbocycles. The summed E-state index contributed by atoms with van der Waals surface area (Å²) in [5, 5.41) is 22.0. The van der Waals surface area contributed by atoms with Crippen LogP contribution in [0.15, 0.2) is 146 Å². The first kappa shape index (κ1) is 23.8. The molecule has 2 nitrogen and oxygen atoms in total. The van der Waals surface area contributed by atoms with Crippen molar-refractivity contribution in [2.45, 2.75) is 0 Å². The molecular weight excluding hydrogens is 520 g/mol. The molecule has 0 unspecified atom stereocenters. The number of hydrogen-bond acceptors (Lipinski definition) is 1. The molecule has 0 bridgehead atoms. The van der Waals surface area contributed by atoms with Gasteiger partial charge in [0, 0.05) is 22.0 Å². The Morgan fingerprint density at radius 1 is 0.442 bits per heavy atom. The SMILES string of the molecule is N#Cc1ccc(-n2c3ccccc3c3cc4ccccc4c(-c4ccc5c6ccccc6c6ccccc6c5c4)c32)cc1. The largest absolute Gasteiger partial charge is 0.309 e. The molecule has 43 heavy (non-hydrogen) atoms. The average molecular weight is 545 g/mol. The summed E-state index contributed by atoms with van der Waals surface area (Å²) >= 11 is 0. The third-order valence-electron chi connectivity index (χ3n) is 8.97. The molecule has 0 aliphatic heterocycles. The summed E-state index contributed by atoms with van der Waals surface area (Å²) in [5.41, 5.74) is 6.42. The average Bonchev–Trinajstić information content (AvgIpc) is 3.41. The van der Waals surface area contributed by atoms with Gasteiger partial charge in [0.15, 0.2) is 0 Å². The standard InChI is InChI=1S/C41H24N2/c42-25-26-17-20-29(21-18-26)43-39-16-8-7-15-36(39)38-23-27-9-1-2-10-30(27)40(41(38)43)28-19-22-35-33-13-4-3-11-31(33)32-12-5-6-14-34(32)37(35)24-28/h1-24H. The van der Waals surface area contributed by atoms with Crippen LogP contribution in [0.25, 0.3) is 81.7 Å². The van der Waals surface area contributed by atoms with E-state index in [1.165, 1.54) is 70.5 Å². The third kappa shape index (κ3) is 3.40. The van der Waals surface area contributed by atoms with Crippen molar-refractivity contribution in [2.24, 2.45) is 0 Å². The minimum Gasteiger partial charge on any atom is -0.309 e. The summed E-state index contributed by atoms with van der Waals surface area (Å²) in [5.74, 6) is 0. The fourth-order valence-corrected chi connectivity index (χ4v) is 7.10. The minimum atomic E-state index is 0.656. The molecule has 2 heteroatoms. The van der Waals surface area contributed by atoms with Crippen molar-refractivity contribution in [3.63, 3.8) is 0 Å². The van der Waals surface area contributed by atoms with E-state index in [-0.39, 0.29) is 0 Å². The van der Waals surface area contributed by atoms with E-state index in [1.807, 2.05) is 12.1 Å². The zero-order valence-electron chi connectivity index (χ0n) is 23.3. The van der Waals surface area contributed by atoms with Crippen LogP contribution in [-0.4, -0.2) is 4.57 Å². The fraction of sp³-hybridized carbons (Fsp3) is 0. The number of rotatable bonds is 2. The minimum absolute atomic E-state index is 0.656. The van der Waals surface area contributed by atoms with E-state index in [1.54, 1.807) is 0 Å². The molecule has 198 valence electrons. The second-order valence-electron chi connectivity index (χ2n) is 11.2. The van der Waals surface area contributed by atoms with Gasteiger partial charge in [-0.25, -0.2) is 0 Å². The Hall–Kier alpha value is -5.91. The van der Waals surface area contributed by atoms with Crippen molar-refractivity contribution in [3.05, 3.63) is 151 Å². The van der Waals surface area contributed by atoms with Crippen LogP contribution in [0.5, 0.6) is 0 Å². The van der Waals surface area contributed by atoms with Crippen molar-refractivity contribution in [1.82, 2.24) is 4.57 Å². The molecular formula is C41H24N2. The van der Waals surface area contributed by atoms with E-state index in [9.17, 15) is 5.26 Å². The zero-order chi connectivity index (χ0) is 28.5. The van der Waals surface area contributed by atoms with Gasteiger partial charge < -0.3 is 4.57 Å². The Bertz CT molecular complexity index is 2580. The summed E-state index contributed by atoms with van der Waals surface area (Å²) in [6.45, 7) is 0. The Kier molecular flexibility index (Phi) is 5.00. The van der Waals surface area contributed by atoms with Gasteiger partial charge in [-0.1, -0.05) is 103 Å². The van der Waals surface area contributed by atoms with Gasteiger partial charge in [-0.2, -0.15) is 5.26 Å². The third-order valence-corrected chi connectivity index (χ3v) is 8.97. The van der Waals surface area contributed by atoms with Crippen molar-refractivity contribution in [1.29, 1.82) is 5.26 Å². The lowest BCUT2D eigenvalue weighted by molar-refractivity contribution is 1.18. The second-order valence-corrected chi connectivity index (χ2v) is 11.2. The quantitative estimate of drug-likeness (QED) is 0.199. The first-order valence-electron chi connectivity index (χ1n) is 14.6. The van der Waals surface area contributed by atoms with Crippen LogP contribution >= 0.6 is 0 Å². The van der Waals surface area contributed by atoms with Crippen LogP contribution in [0.4, 0.5) is 0 Å². The van der Waals surface area contributed by atoms with Crippen molar-refractivity contribution < 1.29 is 0 Å². The molecule has 0 saturated heterocycles. The molecule has 0 atom stereocenters. The summed E-state index contributed by atoms with van der Waals surface area (Å²) in [6.07, 6.45) is 0. The lowest BCUT2D eigenvalue weighted by Gasteiger charge is -2.16. The monoisotopic (exact) mass is 544 g/mol. The van der Waals surface area contributed by atoms with Gasteiger partial charge in [0.1, 0.15) is 0 Å². The maximum atomic E-state index is 9.48. The van der Waals surface area contributed by atoms with Gasteiger partial charge in [-0.05, 0) is 91.1 Å². The normalized spacial score (nSPS) is 11.7. The highest BCUT2D eigenvalue weighted by Crippen LogP contribution is 2.44. The number of para-hydroxylation sites is 1. The van der Waals surface area contributed by atoms with E-state index in [2.05, 4.69) is 144 Å². The van der Waals surface area contributed by atoms with E-state index in [0.717, 1.165) is 11.2 Å². The van der Waals surface area contributed by atoms with Gasteiger partial charge in [0.2, 0.25) is 0 Å².